The maximum Gasteiger partial charge on any atom is 0.274 e. The Bertz CT molecular complexity index is 935. The normalized spacial score (nSPS) is 34.2. The summed E-state index contributed by atoms with van der Waals surface area (Å²) < 4.78 is 0. The van der Waals surface area contributed by atoms with Gasteiger partial charge < -0.3 is 5.32 Å². The summed E-state index contributed by atoms with van der Waals surface area (Å²) in [5.41, 5.74) is 0.652. The van der Waals surface area contributed by atoms with E-state index in [4.69, 9.17) is 0 Å². The van der Waals surface area contributed by atoms with Gasteiger partial charge in [0.05, 0.1) is 16.8 Å². The highest BCUT2D eigenvalue weighted by molar-refractivity contribution is 6.09. The number of nitrogens with one attached hydrogen (secondary N) is 1. The molecule has 2 saturated carbocycles. The topological polar surface area (TPSA) is 110 Å². The summed E-state index contributed by atoms with van der Waals surface area (Å²) in [7, 11) is 0. The summed E-state index contributed by atoms with van der Waals surface area (Å²) in [5, 5.41) is 13.6. The minimum Gasteiger partial charge on any atom is -0.324 e. The predicted octanol–water partition coefficient (Wildman–Crippen LogP) is 1.89. The van der Waals surface area contributed by atoms with Crippen molar-refractivity contribution in [2.24, 2.45) is 35.5 Å². The summed E-state index contributed by atoms with van der Waals surface area (Å²) >= 11 is 0. The maximum absolute atomic E-state index is 12.9. The lowest BCUT2D eigenvalue weighted by molar-refractivity contribution is -0.385. The molecule has 3 amide bonds. The Morgan fingerprint density at radius 3 is 2.36 bits per heavy atom. The maximum atomic E-state index is 12.9. The Morgan fingerprint density at radius 2 is 1.79 bits per heavy atom. The van der Waals surface area contributed by atoms with Crippen LogP contribution in [0.5, 0.6) is 0 Å². The van der Waals surface area contributed by atoms with E-state index in [2.05, 4.69) is 17.5 Å². The average Bonchev–Trinajstić information content (AvgIpc) is 3.44. The number of benzene rings is 1. The second kappa shape index (κ2) is 5.73. The number of anilines is 1. The number of rotatable bonds is 4. The highest BCUT2D eigenvalue weighted by atomic mass is 16.6. The zero-order valence-corrected chi connectivity index (χ0v) is 15.2. The lowest BCUT2D eigenvalue weighted by Gasteiger charge is -2.37. The number of hydrogen-bond donors (Lipinski definition) is 1. The van der Waals surface area contributed by atoms with Crippen molar-refractivity contribution in [1.82, 2.24) is 4.90 Å². The van der Waals surface area contributed by atoms with Crippen LogP contribution in [-0.2, 0) is 14.4 Å². The number of imide groups is 1. The van der Waals surface area contributed by atoms with E-state index in [1.54, 1.807) is 19.1 Å². The molecule has 28 heavy (non-hydrogen) atoms. The third kappa shape index (κ3) is 2.33. The molecule has 3 fully saturated rings. The first-order chi connectivity index (χ1) is 13.4. The highest BCUT2D eigenvalue weighted by Gasteiger charge is 2.67. The molecule has 0 aromatic heterocycles. The largest absolute Gasteiger partial charge is 0.324 e. The van der Waals surface area contributed by atoms with Crippen molar-refractivity contribution in [1.29, 1.82) is 0 Å². The molecule has 1 aliphatic heterocycles. The van der Waals surface area contributed by atoms with Crippen molar-refractivity contribution in [3.05, 3.63) is 46.0 Å². The van der Waals surface area contributed by atoms with Crippen LogP contribution >= 0.6 is 0 Å². The number of amides is 3. The Labute approximate surface area is 160 Å². The molecule has 1 heterocycles. The van der Waals surface area contributed by atoms with Gasteiger partial charge in [0.25, 0.3) is 5.69 Å². The van der Waals surface area contributed by atoms with Crippen LogP contribution in [0, 0.1) is 52.5 Å². The van der Waals surface area contributed by atoms with Gasteiger partial charge >= 0.3 is 0 Å². The molecular formula is C20H19N3O5. The molecule has 2 bridgehead atoms. The van der Waals surface area contributed by atoms with Gasteiger partial charge in [-0.1, -0.05) is 18.2 Å². The molecule has 6 atom stereocenters. The summed E-state index contributed by atoms with van der Waals surface area (Å²) in [4.78, 5) is 49.8. The van der Waals surface area contributed by atoms with Crippen LogP contribution in [0.2, 0.25) is 0 Å². The van der Waals surface area contributed by atoms with Crippen LogP contribution < -0.4 is 5.32 Å². The minimum atomic E-state index is -0.538. The number of nitro groups is 1. The summed E-state index contributed by atoms with van der Waals surface area (Å²) in [6, 6.07) is 4.38. The van der Waals surface area contributed by atoms with Crippen LogP contribution in [0.1, 0.15) is 12.0 Å². The molecule has 8 nitrogen and oxygen atoms in total. The van der Waals surface area contributed by atoms with Crippen LogP contribution in [0.4, 0.5) is 11.4 Å². The quantitative estimate of drug-likeness (QED) is 0.371. The summed E-state index contributed by atoms with van der Waals surface area (Å²) in [6.45, 7) is 1.25. The average molecular weight is 381 g/mol. The van der Waals surface area contributed by atoms with Gasteiger partial charge in [-0.3, -0.25) is 29.4 Å². The van der Waals surface area contributed by atoms with Crippen LogP contribution in [0.15, 0.2) is 30.4 Å². The lowest BCUT2D eigenvalue weighted by atomic mass is 9.63. The lowest BCUT2D eigenvalue weighted by Crippen LogP contribution is -2.40. The molecule has 144 valence electrons. The summed E-state index contributed by atoms with van der Waals surface area (Å²) in [5.74, 6) is -0.476. The van der Waals surface area contributed by atoms with Crippen molar-refractivity contribution < 1.29 is 19.3 Å². The zero-order valence-electron chi connectivity index (χ0n) is 15.2. The first-order valence-electron chi connectivity index (χ1n) is 9.45. The van der Waals surface area contributed by atoms with E-state index in [0.29, 0.717) is 17.4 Å². The minimum absolute atomic E-state index is 0.0981. The second-order valence-electron chi connectivity index (χ2n) is 8.22. The SMILES string of the molecule is Cc1ccc(NC(=O)CN2C(=O)[C@@H]3[C@H]4C=C[C@@H]([C@@H]5C[C@H]45)[C@@H]3C2=O)cc1[N+](=O)[O-]. The fraction of sp³-hybridized carbons (Fsp3) is 0.450. The van der Waals surface area contributed by atoms with Gasteiger partial charge in [0, 0.05) is 17.3 Å². The Kier molecular flexibility index (Phi) is 3.50. The standard InChI is InChI=1S/C20H19N3O5/c1-9-2-3-10(6-15(9)23(27)28)21-16(24)8-22-19(25)17-11-4-5-12(14-7-13(11)14)18(17)20(22)26/h2-6,11-14,17-18H,7-8H2,1H3,(H,21,24)/t11-,12-,13-,14+,17-,18+/m0/s1. The van der Waals surface area contributed by atoms with Crippen molar-refractivity contribution in [3.8, 4) is 0 Å². The van der Waals surface area contributed by atoms with Gasteiger partial charge in [0.15, 0.2) is 0 Å². The number of aryl methyl sites for hydroxylation is 1. The molecule has 8 heteroatoms. The smallest absolute Gasteiger partial charge is 0.274 e. The van der Waals surface area contributed by atoms with E-state index in [1.165, 1.54) is 6.07 Å². The van der Waals surface area contributed by atoms with E-state index >= 15 is 0 Å². The highest BCUT2D eigenvalue weighted by Crippen LogP contribution is 2.65. The molecule has 1 N–H and O–H groups in total. The van der Waals surface area contributed by atoms with Crippen molar-refractivity contribution in [3.63, 3.8) is 0 Å². The Morgan fingerprint density at radius 1 is 1.18 bits per heavy atom. The van der Waals surface area contributed by atoms with Crippen LogP contribution in [0.3, 0.4) is 0 Å². The van der Waals surface area contributed by atoms with E-state index in [1.807, 2.05) is 0 Å². The zero-order chi connectivity index (χ0) is 19.7. The van der Waals surface area contributed by atoms with E-state index in [-0.39, 0.29) is 53.4 Å². The number of nitro benzene ring substituents is 1. The number of allylic oxidation sites excluding steroid dienone is 2. The Balaban J connectivity index is 1.31. The van der Waals surface area contributed by atoms with Gasteiger partial charge in [-0.15, -0.1) is 0 Å². The third-order valence-corrected chi connectivity index (χ3v) is 6.75. The van der Waals surface area contributed by atoms with Crippen LogP contribution in [-0.4, -0.2) is 34.1 Å². The fourth-order valence-corrected chi connectivity index (χ4v) is 5.40. The van der Waals surface area contributed by atoms with Gasteiger partial charge in [-0.2, -0.15) is 0 Å². The first kappa shape index (κ1) is 17.1. The Hall–Kier alpha value is -3.03. The second-order valence-corrected chi connectivity index (χ2v) is 8.22. The molecular weight excluding hydrogens is 362 g/mol. The molecule has 4 aliphatic carbocycles. The summed E-state index contributed by atoms with van der Waals surface area (Å²) in [6.07, 6.45) is 5.25. The van der Waals surface area contributed by atoms with E-state index < -0.39 is 10.8 Å². The number of likely N-dealkylation sites (tertiary alicyclic amines) is 1. The fourth-order valence-electron chi connectivity index (χ4n) is 5.40. The van der Waals surface area contributed by atoms with Gasteiger partial charge in [-0.25, -0.2) is 0 Å². The number of nitrogens with zero attached hydrogens (tertiary/aromatic N) is 2. The number of hydrogen-bond acceptors (Lipinski definition) is 5. The van der Waals surface area contributed by atoms with E-state index in [0.717, 1.165) is 11.3 Å². The predicted molar refractivity (Wildman–Crippen MR) is 97.9 cm³/mol. The van der Waals surface area contributed by atoms with Crippen molar-refractivity contribution in [2.75, 3.05) is 11.9 Å². The van der Waals surface area contributed by atoms with Crippen molar-refractivity contribution >= 4 is 29.1 Å². The number of carbonyl (C=O) groups is 3. The van der Waals surface area contributed by atoms with Gasteiger partial charge in [-0.05, 0) is 43.1 Å². The van der Waals surface area contributed by atoms with Gasteiger partial charge in [0.2, 0.25) is 17.7 Å². The van der Waals surface area contributed by atoms with Crippen LogP contribution in [0.25, 0.3) is 0 Å². The van der Waals surface area contributed by atoms with Crippen molar-refractivity contribution in [2.45, 2.75) is 13.3 Å². The molecule has 6 rings (SSSR count). The monoisotopic (exact) mass is 381 g/mol. The number of carbonyl (C=O) groups excluding carboxylic acids is 3. The molecule has 0 radical (unpaired) electrons. The van der Waals surface area contributed by atoms with E-state index in [9.17, 15) is 24.5 Å². The molecule has 1 aromatic carbocycles. The first-order valence-corrected chi connectivity index (χ1v) is 9.45. The molecule has 1 saturated heterocycles. The third-order valence-electron chi connectivity index (χ3n) is 6.75. The van der Waals surface area contributed by atoms with Gasteiger partial charge in [0.1, 0.15) is 6.54 Å². The molecule has 1 aromatic rings. The molecule has 0 spiro atoms. The molecule has 5 aliphatic rings. The molecule has 0 unspecified atom stereocenters.